The van der Waals surface area contributed by atoms with Crippen molar-refractivity contribution in [1.29, 1.82) is 0 Å². The molecule has 0 N–H and O–H groups in total. The molecule has 0 saturated carbocycles. The number of methoxy groups -OCH3 is 1. The molecular weight excluding hydrogens is 264 g/mol. The van der Waals surface area contributed by atoms with Gasteiger partial charge in [0.15, 0.2) is 11.5 Å². The van der Waals surface area contributed by atoms with Crippen molar-refractivity contribution in [2.24, 2.45) is 0 Å². The summed E-state index contributed by atoms with van der Waals surface area (Å²) in [7, 11) is 1.56. The first-order valence-corrected chi connectivity index (χ1v) is 7.14. The number of aromatic nitrogens is 2. The van der Waals surface area contributed by atoms with E-state index in [0.717, 1.165) is 5.56 Å². The number of carbonyl (C=O) groups is 1. The Bertz CT molecular complexity index is 637. The number of nitrogens with zero attached hydrogens (tertiary/aromatic N) is 2. The van der Waals surface area contributed by atoms with Gasteiger partial charge < -0.3 is 4.74 Å². The molecule has 112 valence electrons. The number of Topliss-reactive ketones (excluding diaryl/α,β-unsaturated/α-hetero) is 1. The van der Waals surface area contributed by atoms with Gasteiger partial charge in [0, 0.05) is 12.5 Å². The zero-order valence-corrected chi connectivity index (χ0v) is 13.3. The minimum absolute atomic E-state index is 0.0306. The Morgan fingerprint density at radius 2 is 1.86 bits per heavy atom. The molecule has 1 aromatic heterocycles. The summed E-state index contributed by atoms with van der Waals surface area (Å²) in [5.41, 5.74) is 3.91. The van der Waals surface area contributed by atoms with E-state index in [1.54, 1.807) is 18.0 Å². The van der Waals surface area contributed by atoms with Gasteiger partial charge in [-0.05, 0) is 33.3 Å². The lowest BCUT2D eigenvalue weighted by molar-refractivity contribution is 0.0977. The minimum atomic E-state index is 0.0306. The molecular formula is C17H22N2O2. The molecule has 0 spiro atoms. The Balaban J connectivity index is 2.34. The first-order chi connectivity index (χ1) is 9.92. The quantitative estimate of drug-likeness (QED) is 0.790. The van der Waals surface area contributed by atoms with Crippen LogP contribution in [0.4, 0.5) is 0 Å². The fourth-order valence-electron chi connectivity index (χ4n) is 2.59. The summed E-state index contributed by atoms with van der Waals surface area (Å²) < 4.78 is 7.00. The smallest absolute Gasteiger partial charge is 0.189 e. The third-order valence-corrected chi connectivity index (χ3v) is 3.38. The molecule has 2 aromatic rings. The van der Waals surface area contributed by atoms with E-state index >= 15 is 0 Å². The number of rotatable bonds is 5. The molecule has 0 aliphatic carbocycles. The lowest BCUT2D eigenvalue weighted by Crippen LogP contribution is -2.15. The van der Waals surface area contributed by atoms with Crippen LogP contribution in [0.5, 0.6) is 5.75 Å². The largest absolute Gasteiger partial charge is 0.493 e. The summed E-state index contributed by atoms with van der Waals surface area (Å²) in [5, 5.41) is 4.26. The van der Waals surface area contributed by atoms with Crippen LogP contribution < -0.4 is 4.74 Å². The fourth-order valence-corrected chi connectivity index (χ4v) is 2.59. The molecule has 4 nitrogen and oxygen atoms in total. The van der Waals surface area contributed by atoms with Gasteiger partial charge in [0.2, 0.25) is 0 Å². The van der Waals surface area contributed by atoms with Crippen LogP contribution in [0.1, 0.15) is 47.1 Å². The molecule has 21 heavy (non-hydrogen) atoms. The van der Waals surface area contributed by atoms with E-state index < -0.39 is 0 Å². The van der Waals surface area contributed by atoms with Gasteiger partial charge in [0.05, 0.1) is 13.3 Å². The Morgan fingerprint density at radius 3 is 2.38 bits per heavy atom. The van der Waals surface area contributed by atoms with Crippen molar-refractivity contribution in [3.05, 3.63) is 46.8 Å². The van der Waals surface area contributed by atoms with Gasteiger partial charge in [-0.1, -0.05) is 29.3 Å². The van der Waals surface area contributed by atoms with Crippen LogP contribution in [0, 0.1) is 13.8 Å². The van der Waals surface area contributed by atoms with Gasteiger partial charge in [0.1, 0.15) is 5.69 Å². The lowest BCUT2D eigenvalue weighted by Gasteiger charge is -2.12. The number of carbonyl (C=O) groups excluding carboxylic acids is 1. The number of aryl methyl sites for hydroxylation is 2. The molecule has 0 saturated heterocycles. The molecule has 0 unspecified atom stereocenters. The average molecular weight is 286 g/mol. The van der Waals surface area contributed by atoms with Gasteiger partial charge in [0.25, 0.3) is 0 Å². The normalized spacial score (nSPS) is 11.0. The molecule has 0 aliphatic rings. The van der Waals surface area contributed by atoms with Crippen molar-refractivity contribution < 1.29 is 9.53 Å². The molecule has 4 heteroatoms. The highest BCUT2D eigenvalue weighted by atomic mass is 16.5. The van der Waals surface area contributed by atoms with Crippen molar-refractivity contribution in [2.45, 2.75) is 40.2 Å². The van der Waals surface area contributed by atoms with Crippen LogP contribution in [-0.2, 0) is 6.42 Å². The monoisotopic (exact) mass is 286 g/mol. The van der Waals surface area contributed by atoms with E-state index in [0.29, 0.717) is 17.9 Å². The van der Waals surface area contributed by atoms with Crippen LogP contribution in [-0.4, -0.2) is 22.7 Å². The van der Waals surface area contributed by atoms with Gasteiger partial charge >= 0.3 is 0 Å². The number of benzene rings is 1. The molecule has 0 aliphatic heterocycles. The summed E-state index contributed by atoms with van der Waals surface area (Å²) >= 11 is 0. The van der Waals surface area contributed by atoms with Crippen LogP contribution in [0.3, 0.4) is 0 Å². The van der Waals surface area contributed by atoms with Gasteiger partial charge in [-0.2, -0.15) is 5.10 Å². The predicted octanol–water partition coefficient (Wildman–Crippen LogP) is 3.51. The molecule has 0 fully saturated rings. The minimum Gasteiger partial charge on any atom is -0.493 e. The number of ketones is 1. The third kappa shape index (κ3) is 3.32. The maximum atomic E-state index is 12.7. The summed E-state index contributed by atoms with van der Waals surface area (Å²) in [4.78, 5) is 12.7. The van der Waals surface area contributed by atoms with Gasteiger partial charge in [-0.3, -0.25) is 9.48 Å². The van der Waals surface area contributed by atoms with E-state index in [9.17, 15) is 4.79 Å². The summed E-state index contributed by atoms with van der Waals surface area (Å²) in [6.07, 6.45) is 1.96. The van der Waals surface area contributed by atoms with E-state index in [1.165, 1.54) is 11.1 Å². The molecule has 2 rings (SSSR count). The maximum Gasteiger partial charge on any atom is 0.189 e. The van der Waals surface area contributed by atoms with Crippen LogP contribution in [0.2, 0.25) is 0 Å². The number of hydrogen-bond acceptors (Lipinski definition) is 3. The van der Waals surface area contributed by atoms with Crippen molar-refractivity contribution in [1.82, 2.24) is 9.78 Å². The van der Waals surface area contributed by atoms with E-state index in [1.807, 2.05) is 39.8 Å². The number of hydrogen-bond donors (Lipinski definition) is 0. The Hall–Kier alpha value is -2.10. The van der Waals surface area contributed by atoms with Crippen molar-refractivity contribution >= 4 is 5.78 Å². The Morgan fingerprint density at radius 1 is 1.24 bits per heavy atom. The zero-order chi connectivity index (χ0) is 15.6. The molecule has 0 radical (unpaired) electrons. The summed E-state index contributed by atoms with van der Waals surface area (Å²) in [6.45, 7) is 8.08. The first-order valence-electron chi connectivity index (χ1n) is 7.14. The molecule has 1 aromatic carbocycles. The summed E-state index contributed by atoms with van der Waals surface area (Å²) in [5.74, 6) is 0.570. The maximum absolute atomic E-state index is 12.7. The van der Waals surface area contributed by atoms with E-state index in [-0.39, 0.29) is 11.8 Å². The van der Waals surface area contributed by atoms with E-state index in [4.69, 9.17) is 4.74 Å². The number of ether oxygens (including phenoxy) is 1. The SMILES string of the molecule is COc1cnn(C(C)C)c1C(=O)Cc1cc(C)cc(C)c1. The van der Waals surface area contributed by atoms with E-state index in [2.05, 4.69) is 11.2 Å². The van der Waals surface area contributed by atoms with Gasteiger partial charge in [-0.25, -0.2) is 0 Å². The second-order valence-corrected chi connectivity index (χ2v) is 5.70. The highest BCUT2D eigenvalue weighted by Crippen LogP contribution is 2.23. The standard InChI is InChI=1S/C17H22N2O2/c1-11(2)19-17(16(21-5)10-18-19)15(20)9-14-7-12(3)6-13(4)8-14/h6-8,10-11H,9H2,1-5H3. The van der Waals surface area contributed by atoms with Crippen molar-refractivity contribution in [3.63, 3.8) is 0 Å². The Labute approximate surface area is 125 Å². The third-order valence-electron chi connectivity index (χ3n) is 3.38. The predicted molar refractivity (Wildman–Crippen MR) is 83.1 cm³/mol. The highest BCUT2D eigenvalue weighted by molar-refractivity contribution is 5.98. The highest BCUT2D eigenvalue weighted by Gasteiger charge is 2.21. The van der Waals surface area contributed by atoms with Crippen molar-refractivity contribution in [3.8, 4) is 5.75 Å². The van der Waals surface area contributed by atoms with Gasteiger partial charge in [-0.15, -0.1) is 0 Å². The second kappa shape index (κ2) is 6.12. The lowest BCUT2D eigenvalue weighted by atomic mass is 10.0. The molecule has 0 atom stereocenters. The topological polar surface area (TPSA) is 44.1 Å². The van der Waals surface area contributed by atoms with Crippen LogP contribution >= 0.6 is 0 Å². The zero-order valence-electron chi connectivity index (χ0n) is 13.3. The first kappa shape index (κ1) is 15.3. The van der Waals surface area contributed by atoms with Crippen LogP contribution in [0.15, 0.2) is 24.4 Å². The molecule has 0 bridgehead atoms. The Kier molecular flexibility index (Phi) is 4.46. The second-order valence-electron chi connectivity index (χ2n) is 5.70. The fraction of sp³-hybridized carbons (Fsp3) is 0.412. The van der Waals surface area contributed by atoms with Crippen LogP contribution in [0.25, 0.3) is 0 Å². The molecule has 1 heterocycles. The molecule has 0 amide bonds. The average Bonchev–Trinajstić information content (AvgIpc) is 2.81. The summed E-state index contributed by atoms with van der Waals surface area (Å²) in [6, 6.07) is 6.32. The van der Waals surface area contributed by atoms with Crippen molar-refractivity contribution in [2.75, 3.05) is 7.11 Å².